The first-order valence-corrected chi connectivity index (χ1v) is 7.94. The summed E-state index contributed by atoms with van der Waals surface area (Å²) >= 11 is 0. The molecule has 1 aromatic carbocycles. The van der Waals surface area contributed by atoms with Crippen molar-refractivity contribution in [3.05, 3.63) is 35.9 Å². The van der Waals surface area contributed by atoms with E-state index >= 15 is 0 Å². The first kappa shape index (κ1) is 16.0. The molecule has 0 aromatic heterocycles. The zero-order chi connectivity index (χ0) is 16.4. The van der Waals surface area contributed by atoms with Gasteiger partial charge in [0, 0.05) is 0 Å². The van der Waals surface area contributed by atoms with Crippen LogP contribution in [0.4, 0.5) is 4.79 Å². The highest BCUT2D eigenvalue weighted by Crippen LogP contribution is 2.42. The van der Waals surface area contributed by atoms with Gasteiger partial charge in [-0.15, -0.1) is 0 Å². The molecule has 3 rings (SSSR count). The number of urea groups is 1. The Balaban J connectivity index is 1.48. The molecule has 1 aromatic rings. The normalized spacial score (nSPS) is 25.6. The van der Waals surface area contributed by atoms with E-state index in [0.29, 0.717) is 6.61 Å². The largest absolute Gasteiger partial charge is 0.389 e. The van der Waals surface area contributed by atoms with Crippen LogP contribution in [0.2, 0.25) is 0 Å². The summed E-state index contributed by atoms with van der Waals surface area (Å²) in [5.74, 6) is -0.0254. The third kappa shape index (κ3) is 3.38. The molecule has 0 radical (unpaired) electrons. The van der Waals surface area contributed by atoms with Gasteiger partial charge in [0.05, 0.1) is 25.9 Å². The van der Waals surface area contributed by atoms with Gasteiger partial charge in [0.15, 0.2) is 0 Å². The van der Waals surface area contributed by atoms with Crippen molar-refractivity contribution in [3.8, 4) is 0 Å². The first-order valence-electron chi connectivity index (χ1n) is 7.94. The van der Waals surface area contributed by atoms with Crippen LogP contribution in [-0.4, -0.2) is 46.7 Å². The maximum absolute atomic E-state index is 12.4. The van der Waals surface area contributed by atoms with Crippen molar-refractivity contribution in [1.29, 1.82) is 0 Å². The van der Waals surface area contributed by atoms with Crippen molar-refractivity contribution in [2.24, 2.45) is 5.92 Å². The lowest BCUT2D eigenvalue weighted by Crippen LogP contribution is -2.46. The molecule has 2 fully saturated rings. The summed E-state index contributed by atoms with van der Waals surface area (Å²) in [6.07, 6.45) is 1.02. The van der Waals surface area contributed by atoms with Gasteiger partial charge >= 0.3 is 6.03 Å². The Morgan fingerprint density at radius 2 is 2.04 bits per heavy atom. The Hall–Kier alpha value is -1.92. The Kier molecular flexibility index (Phi) is 4.37. The van der Waals surface area contributed by atoms with Crippen molar-refractivity contribution in [3.63, 3.8) is 0 Å². The molecule has 2 aliphatic rings. The Morgan fingerprint density at radius 1 is 1.35 bits per heavy atom. The van der Waals surface area contributed by atoms with E-state index in [0.717, 1.165) is 23.3 Å². The molecule has 0 unspecified atom stereocenters. The van der Waals surface area contributed by atoms with Gasteiger partial charge in [0.1, 0.15) is 5.54 Å². The minimum Gasteiger partial charge on any atom is -0.389 e. The number of hydrogen-bond acceptors (Lipinski definition) is 4. The number of aliphatic hydroxyl groups excluding tert-OH is 1. The van der Waals surface area contributed by atoms with E-state index in [2.05, 4.69) is 5.32 Å². The zero-order valence-corrected chi connectivity index (χ0v) is 13.2. The minimum absolute atomic E-state index is 0.0399. The molecule has 1 saturated carbocycles. The number of aliphatic hydroxyl groups is 1. The van der Waals surface area contributed by atoms with E-state index in [-0.39, 0.29) is 25.0 Å². The highest BCUT2D eigenvalue weighted by atomic mass is 16.5. The van der Waals surface area contributed by atoms with Crippen LogP contribution in [0.15, 0.2) is 30.3 Å². The average molecular weight is 318 g/mol. The van der Waals surface area contributed by atoms with E-state index < -0.39 is 17.7 Å². The molecule has 124 valence electrons. The van der Waals surface area contributed by atoms with Crippen LogP contribution in [-0.2, 0) is 16.1 Å². The SMILES string of the molecule is C[C@@]1(C2CC2)NC(=O)N(C[C@@H](O)COCc2ccccc2)C1=O. The lowest BCUT2D eigenvalue weighted by molar-refractivity contribution is -0.132. The fourth-order valence-electron chi connectivity index (χ4n) is 2.97. The summed E-state index contributed by atoms with van der Waals surface area (Å²) in [6, 6.07) is 9.21. The van der Waals surface area contributed by atoms with Crippen LogP contribution < -0.4 is 5.32 Å². The van der Waals surface area contributed by atoms with E-state index in [4.69, 9.17) is 4.74 Å². The standard InChI is InChI=1S/C17H22N2O4/c1-17(13-7-8-13)15(21)19(16(22)18-17)9-14(20)11-23-10-12-5-3-2-4-6-12/h2-6,13-14,20H,7-11H2,1H3,(H,18,22)/t14-,17+/m1/s1. The molecule has 6 heteroatoms. The number of imide groups is 1. The second-order valence-electron chi connectivity index (χ2n) is 6.48. The second kappa shape index (κ2) is 6.29. The molecular formula is C17H22N2O4. The fraction of sp³-hybridized carbons (Fsp3) is 0.529. The third-order valence-electron chi connectivity index (χ3n) is 4.51. The highest BCUT2D eigenvalue weighted by Gasteiger charge is 2.56. The van der Waals surface area contributed by atoms with Crippen LogP contribution in [0.25, 0.3) is 0 Å². The molecule has 2 N–H and O–H groups in total. The monoisotopic (exact) mass is 318 g/mol. The molecule has 23 heavy (non-hydrogen) atoms. The Bertz CT molecular complexity index is 588. The smallest absolute Gasteiger partial charge is 0.325 e. The molecule has 3 amide bonds. The quantitative estimate of drug-likeness (QED) is 0.743. The van der Waals surface area contributed by atoms with Gasteiger partial charge in [-0.25, -0.2) is 4.79 Å². The Morgan fingerprint density at radius 3 is 2.70 bits per heavy atom. The maximum atomic E-state index is 12.4. The summed E-state index contributed by atoms with van der Waals surface area (Å²) < 4.78 is 5.45. The molecule has 1 heterocycles. The molecular weight excluding hydrogens is 296 g/mol. The van der Waals surface area contributed by atoms with Crippen LogP contribution >= 0.6 is 0 Å². The number of amides is 3. The summed E-state index contributed by atoms with van der Waals surface area (Å²) in [4.78, 5) is 25.6. The molecule has 0 spiro atoms. The van der Waals surface area contributed by atoms with Gasteiger partial charge in [0.2, 0.25) is 0 Å². The average Bonchev–Trinajstić information content (AvgIpc) is 3.35. The van der Waals surface area contributed by atoms with Crippen molar-refractivity contribution in [2.75, 3.05) is 13.2 Å². The number of rotatable bonds is 7. The number of β-amino-alcohol motifs (C(OH)–C–C–N with tert-alkyl or cyclic N) is 1. The third-order valence-corrected chi connectivity index (χ3v) is 4.51. The summed E-state index contributed by atoms with van der Waals surface area (Å²) in [6.45, 7) is 2.19. The van der Waals surface area contributed by atoms with Gasteiger partial charge in [0.25, 0.3) is 5.91 Å². The molecule has 1 saturated heterocycles. The minimum atomic E-state index is -0.894. The number of carbonyl (C=O) groups is 2. The van der Waals surface area contributed by atoms with E-state index in [1.54, 1.807) is 6.92 Å². The number of ether oxygens (including phenoxy) is 1. The van der Waals surface area contributed by atoms with E-state index in [9.17, 15) is 14.7 Å². The number of nitrogens with one attached hydrogen (secondary N) is 1. The fourth-order valence-corrected chi connectivity index (χ4v) is 2.97. The predicted molar refractivity (Wildman–Crippen MR) is 83.5 cm³/mol. The van der Waals surface area contributed by atoms with Crippen LogP contribution in [0, 0.1) is 5.92 Å². The summed E-state index contributed by atoms with van der Waals surface area (Å²) in [5, 5.41) is 12.8. The molecule has 2 atom stereocenters. The molecule has 6 nitrogen and oxygen atoms in total. The highest BCUT2D eigenvalue weighted by molar-refractivity contribution is 6.07. The molecule has 1 aliphatic heterocycles. The summed E-state index contributed by atoms with van der Waals surface area (Å²) in [5.41, 5.74) is 0.206. The van der Waals surface area contributed by atoms with Gasteiger partial charge < -0.3 is 15.2 Å². The van der Waals surface area contributed by atoms with Crippen LogP contribution in [0.3, 0.4) is 0 Å². The van der Waals surface area contributed by atoms with Gasteiger partial charge in [-0.1, -0.05) is 30.3 Å². The lowest BCUT2D eigenvalue weighted by atomic mass is 9.96. The lowest BCUT2D eigenvalue weighted by Gasteiger charge is -2.22. The second-order valence-corrected chi connectivity index (χ2v) is 6.48. The number of benzene rings is 1. The van der Waals surface area contributed by atoms with Crippen molar-refractivity contribution in [2.45, 2.75) is 38.0 Å². The topological polar surface area (TPSA) is 78.9 Å². The van der Waals surface area contributed by atoms with Crippen molar-refractivity contribution in [1.82, 2.24) is 10.2 Å². The van der Waals surface area contributed by atoms with E-state index in [1.807, 2.05) is 30.3 Å². The molecule has 1 aliphatic carbocycles. The zero-order valence-electron chi connectivity index (χ0n) is 13.2. The maximum Gasteiger partial charge on any atom is 0.325 e. The summed E-state index contributed by atoms with van der Waals surface area (Å²) in [7, 11) is 0. The number of nitrogens with zero attached hydrogens (tertiary/aromatic N) is 1. The van der Waals surface area contributed by atoms with Crippen molar-refractivity contribution >= 4 is 11.9 Å². The van der Waals surface area contributed by atoms with Crippen LogP contribution in [0.1, 0.15) is 25.3 Å². The Labute approximate surface area is 135 Å². The van der Waals surface area contributed by atoms with Gasteiger partial charge in [-0.2, -0.15) is 0 Å². The first-order chi connectivity index (χ1) is 11.0. The van der Waals surface area contributed by atoms with E-state index in [1.165, 1.54) is 0 Å². The van der Waals surface area contributed by atoms with Crippen LogP contribution in [0.5, 0.6) is 0 Å². The predicted octanol–water partition coefficient (Wildman–Crippen LogP) is 1.28. The number of hydrogen-bond donors (Lipinski definition) is 2. The van der Waals surface area contributed by atoms with Gasteiger partial charge in [-0.3, -0.25) is 9.69 Å². The van der Waals surface area contributed by atoms with Crippen molar-refractivity contribution < 1.29 is 19.4 Å². The molecule has 0 bridgehead atoms. The van der Waals surface area contributed by atoms with Gasteiger partial charge in [-0.05, 0) is 31.2 Å². The number of carbonyl (C=O) groups excluding carboxylic acids is 2.